The molecule has 0 atom stereocenters. The van der Waals surface area contributed by atoms with E-state index in [1.54, 1.807) is 37.4 Å². The summed E-state index contributed by atoms with van der Waals surface area (Å²) in [5.41, 5.74) is 2.04. The normalized spacial score (nSPS) is 11.3. The van der Waals surface area contributed by atoms with Crippen molar-refractivity contribution in [2.45, 2.75) is 13.5 Å². The Morgan fingerprint density at radius 3 is 2.82 bits per heavy atom. The Kier molecular flexibility index (Phi) is 7.46. The zero-order valence-electron chi connectivity index (χ0n) is 18.8. The lowest BCUT2D eigenvalue weighted by atomic mass is 10.1. The van der Waals surface area contributed by atoms with Crippen LogP contribution in [0.25, 0.3) is 16.9 Å². The van der Waals surface area contributed by atoms with Gasteiger partial charge in [0, 0.05) is 25.8 Å². The Hall–Kier alpha value is -3.40. The van der Waals surface area contributed by atoms with E-state index in [-0.39, 0.29) is 16.3 Å². The molecule has 34 heavy (non-hydrogen) atoms. The second kappa shape index (κ2) is 10.7. The van der Waals surface area contributed by atoms with Gasteiger partial charge in [-0.1, -0.05) is 30.7 Å². The average molecular weight is 483 g/mol. The Labute approximate surface area is 201 Å². The molecule has 0 radical (unpaired) electrons. The van der Waals surface area contributed by atoms with Crippen LogP contribution in [0.3, 0.4) is 0 Å². The van der Waals surface area contributed by atoms with Crippen molar-refractivity contribution >= 4 is 29.0 Å². The Morgan fingerprint density at radius 1 is 1.21 bits per heavy atom. The molecular formula is C24H24ClFN6O2. The second-order valence-corrected chi connectivity index (χ2v) is 7.97. The highest BCUT2D eigenvalue weighted by Crippen LogP contribution is 2.26. The third kappa shape index (κ3) is 5.22. The van der Waals surface area contributed by atoms with Gasteiger partial charge in [-0.2, -0.15) is 5.10 Å². The predicted molar refractivity (Wildman–Crippen MR) is 128 cm³/mol. The number of ether oxygens (including phenoxy) is 1. The monoisotopic (exact) mass is 482 g/mol. The zero-order valence-corrected chi connectivity index (χ0v) is 19.6. The number of nitrogens with zero attached hydrogens (tertiary/aromatic N) is 5. The molecule has 0 fully saturated rings. The number of fused-ring (bicyclic) bond motifs is 1. The molecule has 0 aliphatic carbocycles. The fourth-order valence-electron chi connectivity index (χ4n) is 3.49. The zero-order chi connectivity index (χ0) is 24.1. The van der Waals surface area contributed by atoms with E-state index in [0.717, 1.165) is 18.8 Å². The molecule has 1 aromatic carbocycles. The van der Waals surface area contributed by atoms with Crippen LogP contribution in [-0.2, 0) is 11.3 Å². The van der Waals surface area contributed by atoms with Gasteiger partial charge in [0.2, 0.25) is 0 Å². The summed E-state index contributed by atoms with van der Waals surface area (Å²) in [7, 11) is 1.67. The molecule has 4 rings (SSSR count). The van der Waals surface area contributed by atoms with Crippen molar-refractivity contribution in [3.05, 3.63) is 77.0 Å². The lowest BCUT2D eigenvalue weighted by Crippen LogP contribution is -2.27. The van der Waals surface area contributed by atoms with E-state index in [2.05, 4.69) is 32.2 Å². The van der Waals surface area contributed by atoms with Crippen LogP contribution in [0.1, 0.15) is 23.1 Å². The number of rotatable bonds is 9. The minimum absolute atomic E-state index is 0.00203. The molecule has 0 aliphatic heterocycles. The predicted octanol–water partition coefficient (Wildman–Crippen LogP) is 4.30. The summed E-state index contributed by atoms with van der Waals surface area (Å²) in [6.07, 6.45) is 1.42. The number of halogens is 2. The molecule has 1 amide bonds. The van der Waals surface area contributed by atoms with Gasteiger partial charge >= 0.3 is 0 Å². The van der Waals surface area contributed by atoms with Gasteiger partial charge in [0.25, 0.3) is 5.91 Å². The number of carbonyl (C=O) groups excluding carboxylic acids is 1. The summed E-state index contributed by atoms with van der Waals surface area (Å²) in [4.78, 5) is 24.0. The molecule has 0 saturated heterocycles. The first-order chi connectivity index (χ1) is 16.5. The number of hydrogen-bond donors (Lipinski definition) is 1. The fraction of sp³-hybridized carbons (Fsp3) is 0.250. The van der Waals surface area contributed by atoms with E-state index in [0.29, 0.717) is 30.3 Å². The first kappa shape index (κ1) is 23.7. The molecule has 0 bridgehead atoms. The van der Waals surface area contributed by atoms with Gasteiger partial charge in [-0.3, -0.25) is 9.69 Å². The van der Waals surface area contributed by atoms with Gasteiger partial charge in [-0.25, -0.2) is 18.9 Å². The second-order valence-electron chi connectivity index (χ2n) is 7.56. The number of imidazole rings is 1. The van der Waals surface area contributed by atoms with E-state index in [1.165, 1.54) is 16.8 Å². The molecule has 0 aliphatic rings. The highest BCUT2D eigenvalue weighted by atomic mass is 35.5. The van der Waals surface area contributed by atoms with Crippen molar-refractivity contribution in [1.82, 2.24) is 24.5 Å². The number of benzene rings is 1. The minimum atomic E-state index is -0.574. The number of hydrogen-bond acceptors (Lipinski definition) is 6. The Morgan fingerprint density at radius 2 is 2.03 bits per heavy atom. The van der Waals surface area contributed by atoms with Crippen LogP contribution >= 0.6 is 11.6 Å². The standard InChI is InChI=1S/C24H24ClFN6O2/c1-3-31(12-13-34-2)15-16-6-4-9-21(28-16)29-24(33)20-14-27-22-11-10-19(30-32(20)22)17-7-5-8-18(25)23(17)26/h4-11,14H,3,12-13,15H2,1-2H3,(H,28,29,33). The number of carbonyl (C=O) groups is 1. The van der Waals surface area contributed by atoms with Crippen molar-refractivity contribution in [3.8, 4) is 11.3 Å². The lowest BCUT2D eigenvalue weighted by Gasteiger charge is -2.19. The van der Waals surface area contributed by atoms with Gasteiger partial charge in [0.1, 0.15) is 5.82 Å². The van der Waals surface area contributed by atoms with Gasteiger partial charge < -0.3 is 10.1 Å². The molecule has 1 N–H and O–H groups in total. The molecule has 4 aromatic rings. The van der Waals surface area contributed by atoms with E-state index in [4.69, 9.17) is 16.3 Å². The molecule has 0 saturated carbocycles. The number of nitrogens with one attached hydrogen (secondary N) is 1. The summed E-state index contributed by atoms with van der Waals surface area (Å²) in [5.74, 6) is -0.591. The van der Waals surface area contributed by atoms with Crippen molar-refractivity contribution in [1.29, 1.82) is 0 Å². The maximum Gasteiger partial charge on any atom is 0.277 e. The summed E-state index contributed by atoms with van der Waals surface area (Å²) in [6, 6.07) is 13.4. The van der Waals surface area contributed by atoms with Gasteiger partial charge in [0.05, 0.1) is 29.2 Å². The van der Waals surface area contributed by atoms with E-state index in [9.17, 15) is 9.18 Å². The molecule has 10 heteroatoms. The minimum Gasteiger partial charge on any atom is -0.383 e. The van der Waals surface area contributed by atoms with Crippen molar-refractivity contribution in [3.63, 3.8) is 0 Å². The maximum atomic E-state index is 14.5. The number of methoxy groups -OCH3 is 1. The number of anilines is 1. The quantitative estimate of drug-likeness (QED) is 0.383. The first-order valence-corrected chi connectivity index (χ1v) is 11.2. The van der Waals surface area contributed by atoms with Crippen LogP contribution in [-0.4, -0.2) is 57.2 Å². The van der Waals surface area contributed by atoms with Gasteiger partial charge in [-0.15, -0.1) is 0 Å². The molecule has 8 nitrogen and oxygen atoms in total. The van der Waals surface area contributed by atoms with Crippen LogP contribution in [0.5, 0.6) is 0 Å². The molecule has 0 unspecified atom stereocenters. The van der Waals surface area contributed by atoms with Crippen molar-refractivity contribution in [2.24, 2.45) is 0 Å². The third-order valence-corrected chi connectivity index (χ3v) is 5.61. The number of aromatic nitrogens is 4. The van der Waals surface area contributed by atoms with E-state index < -0.39 is 11.7 Å². The Balaban J connectivity index is 1.56. The molecule has 3 aromatic heterocycles. The van der Waals surface area contributed by atoms with Crippen LogP contribution in [0, 0.1) is 5.82 Å². The van der Waals surface area contributed by atoms with Gasteiger partial charge in [0.15, 0.2) is 17.2 Å². The molecule has 176 valence electrons. The van der Waals surface area contributed by atoms with Crippen LogP contribution < -0.4 is 5.32 Å². The summed E-state index contributed by atoms with van der Waals surface area (Å²) < 4.78 is 21.0. The number of likely N-dealkylation sites (N-methyl/N-ethyl adjacent to an activating group) is 1. The highest BCUT2D eigenvalue weighted by Gasteiger charge is 2.17. The first-order valence-electron chi connectivity index (χ1n) is 10.8. The summed E-state index contributed by atoms with van der Waals surface area (Å²) in [6.45, 7) is 4.98. The topological polar surface area (TPSA) is 84.6 Å². The highest BCUT2D eigenvalue weighted by molar-refractivity contribution is 6.31. The van der Waals surface area contributed by atoms with Crippen molar-refractivity contribution in [2.75, 3.05) is 32.1 Å². The summed E-state index contributed by atoms with van der Waals surface area (Å²) >= 11 is 5.91. The fourth-order valence-corrected chi connectivity index (χ4v) is 3.66. The maximum absolute atomic E-state index is 14.5. The number of amides is 1. The van der Waals surface area contributed by atoms with Crippen molar-refractivity contribution < 1.29 is 13.9 Å². The average Bonchev–Trinajstić information content (AvgIpc) is 3.27. The lowest BCUT2D eigenvalue weighted by molar-refractivity contribution is 0.102. The van der Waals surface area contributed by atoms with Crippen LogP contribution in [0.2, 0.25) is 5.02 Å². The van der Waals surface area contributed by atoms with Crippen LogP contribution in [0.4, 0.5) is 10.2 Å². The third-order valence-electron chi connectivity index (χ3n) is 5.32. The largest absolute Gasteiger partial charge is 0.383 e. The van der Waals surface area contributed by atoms with Crippen LogP contribution in [0.15, 0.2) is 54.7 Å². The SMILES string of the molecule is CCN(CCOC)Cc1cccc(NC(=O)c2cnc3ccc(-c4cccc(Cl)c4F)nn23)n1. The molecule has 3 heterocycles. The molecular weight excluding hydrogens is 459 g/mol. The number of pyridine rings is 1. The molecule has 0 spiro atoms. The van der Waals surface area contributed by atoms with Gasteiger partial charge in [-0.05, 0) is 42.9 Å². The van der Waals surface area contributed by atoms with E-state index in [1.807, 2.05) is 12.1 Å². The summed E-state index contributed by atoms with van der Waals surface area (Å²) in [5, 5.41) is 7.22. The van der Waals surface area contributed by atoms with E-state index >= 15 is 0 Å². The smallest absolute Gasteiger partial charge is 0.277 e. The Bertz CT molecular complexity index is 1310.